The van der Waals surface area contributed by atoms with Gasteiger partial charge in [0.25, 0.3) is 5.91 Å². The summed E-state index contributed by atoms with van der Waals surface area (Å²) in [6.07, 6.45) is 0. The average molecular weight is 309 g/mol. The van der Waals surface area contributed by atoms with Crippen molar-refractivity contribution in [1.82, 2.24) is 4.90 Å². The Balaban J connectivity index is 2.01. The molecule has 2 rings (SSSR count). The van der Waals surface area contributed by atoms with Crippen LogP contribution in [-0.4, -0.2) is 61.4 Å². The minimum atomic E-state index is -1.08. The van der Waals surface area contributed by atoms with Crippen LogP contribution in [0.5, 0.6) is 11.5 Å². The molecule has 1 aromatic rings. The van der Waals surface area contributed by atoms with Crippen molar-refractivity contribution in [1.29, 1.82) is 0 Å². The van der Waals surface area contributed by atoms with Crippen molar-refractivity contribution in [3.63, 3.8) is 0 Å². The lowest BCUT2D eigenvalue weighted by Crippen LogP contribution is -2.53. The van der Waals surface area contributed by atoms with Crippen LogP contribution < -0.4 is 9.47 Å². The van der Waals surface area contributed by atoms with Gasteiger partial charge < -0.3 is 24.2 Å². The van der Waals surface area contributed by atoms with Crippen molar-refractivity contribution in [3.8, 4) is 11.5 Å². The maximum Gasteiger partial charge on any atom is 0.328 e. The van der Waals surface area contributed by atoms with E-state index in [4.69, 9.17) is 19.3 Å². The Morgan fingerprint density at radius 1 is 1.41 bits per heavy atom. The van der Waals surface area contributed by atoms with Crippen molar-refractivity contribution >= 4 is 11.9 Å². The van der Waals surface area contributed by atoms with Crippen LogP contribution in [0.15, 0.2) is 18.2 Å². The van der Waals surface area contributed by atoms with E-state index in [1.807, 2.05) is 13.0 Å². The zero-order valence-electron chi connectivity index (χ0n) is 12.6. The van der Waals surface area contributed by atoms with Gasteiger partial charge in [-0.05, 0) is 24.6 Å². The maximum absolute atomic E-state index is 12.2. The summed E-state index contributed by atoms with van der Waals surface area (Å²) < 4.78 is 15.8. The molecule has 120 valence electrons. The predicted molar refractivity (Wildman–Crippen MR) is 77.2 cm³/mol. The van der Waals surface area contributed by atoms with Crippen LogP contribution in [0.25, 0.3) is 0 Å². The minimum absolute atomic E-state index is 0.00503. The molecule has 1 amide bonds. The van der Waals surface area contributed by atoms with Crippen molar-refractivity contribution in [3.05, 3.63) is 23.8 Å². The monoisotopic (exact) mass is 309 g/mol. The lowest BCUT2D eigenvalue weighted by Gasteiger charge is -2.32. The number of benzene rings is 1. The topological polar surface area (TPSA) is 85.3 Å². The highest BCUT2D eigenvalue weighted by Crippen LogP contribution is 2.27. The summed E-state index contributed by atoms with van der Waals surface area (Å²) in [4.78, 5) is 24.6. The standard InChI is InChI=1S/C15H19NO6/c1-10-3-4-12(13(7-10)20-2)22-9-14(17)16-5-6-21-8-11(16)15(18)19/h3-4,7,11H,5-6,8-9H2,1-2H3,(H,18,19)/t11-/m1/s1. The molecule has 1 aliphatic heterocycles. The third-order valence-corrected chi connectivity index (χ3v) is 3.40. The molecule has 1 heterocycles. The average Bonchev–Trinajstić information content (AvgIpc) is 2.53. The quantitative estimate of drug-likeness (QED) is 0.861. The van der Waals surface area contributed by atoms with Crippen LogP contribution in [-0.2, 0) is 14.3 Å². The molecule has 1 aliphatic rings. The van der Waals surface area contributed by atoms with E-state index in [1.165, 1.54) is 12.0 Å². The largest absolute Gasteiger partial charge is 0.493 e. The van der Waals surface area contributed by atoms with Gasteiger partial charge in [0.1, 0.15) is 0 Å². The Labute approximate surface area is 128 Å². The summed E-state index contributed by atoms with van der Waals surface area (Å²) in [5.74, 6) is -0.495. The predicted octanol–water partition coefficient (Wildman–Crippen LogP) is 0.694. The van der Waals surface area contributed by atoms with Gasteiger partial charge in [-0.1, -0.05) is 6.07 Å². The number of ether oxygens (including phenoxy) is 3. The fourth-order valence-corrected chi connectivity index (χ4v) is 2.22. The molecule has 0 unspecified atom stereocenters. The van der Waals surface area contributed by atoms with Gasteiger partial charge >= 0.3 is 5.97 Å². The van der Waals surface area contributed by atoms with Crippen molar-refractivity contribution < 1.29 is 28.9 Å². The highest BCUT2D eigenvalue weighted by atomic mass is 16.5. The van der Waals surface area contributed by atoms with Gasteiger partial charge in [0.15, 0.2) is 24.1 Å². The molecule has 1 N–H and O–H groups in total. The van der Waals surface area contributed by atoms with E-state index in [2.05, 4.69) is 0 Å². The molecule has 1 aromatic carbocycles. The second-order valence-electron chi connectivity index (χ2n) is 4.96. The van der Waals surface area contributed by atoms with Crippen LogP contribution in [0.2, 0.25) is 0 Å². The van der Waals surface area contributed by atoms with E-state index in [0.29, 0.717) is 18.1 Å². The molecule has 7 nitrogen and oxygen atoms in total. The van der Waals surface area contributed by atoms with Crippen LogP contribution in [0.4, 0.5) is 0 Å². The molecule has 1 atom stereocenters. The molecule has 0 aromatic heterocycles. The Hall–Kier alpha value is -2.28. The summed E-state index contributed by atoms with van der Waals surface area (Å²) in [5, 5.41) is 9.12. The van der Waals surface area contributed by atoms with E-state index >= 15 is 0 Å². The number of nitrogens with zero attached hydrogens (tertiary/aromatic N) is 1. The Morgan fingerprint density at radius 2 is 2.18 bits per heavy atom. The van der Waals surface area contributed by atoms with Gasteiger partial charge in [-0.2, -0.15) is 0 Å². The number of carboxylic acids is 1. The van der Waals surface area contributed by atoms with Crippen LogP contribution in [0.3, 0.4) is 0 Å². The van der Waals surface area contributed by atoms with Gasteiger partial charge in [-0.15, -0.1) is 0 Å². The number of aliphatic carboxylic acids is 1. The molecule has 22 heavy (non-hydrogen) atoms. The highest BCUT2D eigenvalue weighted by Gasteiger charge is 2.32. The van der Waals surface area contributed by atoms with Gasteiger partial charge in [0.05, 0.1) is 20.3 Å². The number of hydrogen-bond acceptors (Lipinski definition) is 5. The lowest BCUT2D eigenvalue weighted by atomic mass is 10.2. The highest BCUT2D eigenvalue weighted by molar-refractivity contribution is 5.84. The summed E-state index contributed by atoms with van der Waals surface area (Å²) in [7, 11) is 1.52. The van der Waals surface area contributed by atoms with Gasteiger partial charge in [-0.3, -0.25) is 4.79 Å². The first-order valence-electron chi connectivity index (χ1n) is 6.90. The second-order valence-corrected chi connectivity index (χ2v) is 4.96. The van der Waals surface area contributed by atoms with E-state index < -0.39 is 17.9 Å². The number of carboxylic acid groups (broad SMARTS) is 1. The molecule has 0 aliphatic carbocycles. The summed E-state index contributed by atoms with van der Waals surface area (Å²) in [6.45, 7) is 2.23. The molecule has 1 fully saturated rings. The molecular formula is C15H19NO6. The number of methoxy groups -OCH3 is 1. The SMILES string of the molecule is COc1cc(C)ccc1OCC(=O)N1CCOC[C@@H]1C(=O)O. The smallest absolute Gasteiger partial charge is 0.328 e. The Kier molecular flexibility index (Phi) is 5.21. The molecule has 1 saturated heterocycles. The number of hydrogen-bond donors (Lipinski definition) is 1. The first-order chi connectivity index (χ1) is 10.5. The second kappa shape index (κ2) is 7.13. The first-order valence-corrected chi connectivity index (χ1v) is 6.90. The zero-order valence-corrected chi connectivity index (χ0v) is 12.6. The van der Waals surface area contributed by atoms with Crippen LogP contribution in [0, 0.1) is 6.92 Å². The maximum atomic E-state index is 12.2. The normalized spacial score (nSPS) is 17.9. The van der Waals surface area contributed by atoms with E-state index in [-0.39, 0.29) is 19.8 Å². The Bertz CT molecular complexity index is 559. The zero-order chi connectivity index (χ0) is 16.1. The number of morpholine rings is 1. The minimum Gasteiger partial charge on any atom is -0.493 e. The van der Waals surface area contributed by atoms with Crippen molar-refractivity contribution in [2.75, 3.05) is 33.5 Å². The summed E-state index contributed by atoms with van der Waals surface area (Å²) >= 11 is 0. The molecule has 7 heteroatoms. The third-order valence-electron chi connectivity index (χ3n) is 3.40. The van der Waals surface area contributed by atoms with Gasteiger partial charge in [-0.25, -0.2) is 4.79 Å². The van der Waals surface area contributed by atoms with Crippen LogP contribution in [0.1, 0.15) is 5.56 Å². The fourth-order valence-electron chi connectivity index (χ4n) is 2.22. The van der Waals surface area contributed by atoms with E-state index in [0.717, 1.165) is 5.56 Å². The molecule has 0 saturated carbocycles. The number of amides is 1. The van der Waals surface area contributed by atoms with Crippen molar-refractivity contribution in [2.45, 2.75) is 13.0 Å². The number of carbonyl (C=O) groups excluding carboxylic acids is 1. The van der Waals surface area contributed by atoms with E-state index in [9.17, 15) is 9.59 Å². The Morgan fingerprint density at radius 3 is 2.86 bits per heavy atom. The molecule has 0 spiro atoms. The number of rotatable bonds is 5. The van der Waals surface area contributed by atoms with Crippen molar-refractivity contribution in [2.24, 2.45) is 0 Å². The van der Waals surface area contributed by atoms with Gasteiger partial charge in [0.2, 0.25) is 0 Å². The number of aryl methyl sites for hydroxylation is 1. The summed E-state index contributed by atoms with van der Waals surface area (Å²) in [5.41, 5.74) is 1.01. The fraction of sp³-hybridized carbons (Fsp3) is 0.467. The van der Waals surface area contributed by atoms with E-state index in [1.54, 1.807) is 12.1 Å². The number of carbonyl (C=O) groups is 2. The third kappa shape index (κ3) is 3.67. The molecular weight excluding hydrogens is 290 g/mol. The summed E-state index contributed by atoms with van der Waals surface area (Å²) in [6, 6.07) is 4.39. The first kappa shape index (κ1) is 16.1. The molecule has 0 bridgehead atoms. The van der Waals surface area contributed by atoms with Gasteiger partial charge in [0, 0.05) is 6.54 Å². The van der Waals surface area contributed by atoms with Crippen LogP contribution >= 0.6 is 0 Å². The lowest BCUT2D eigenvalue weighted by molar-refractivity contribution is -0.159. The molecule has 0 radical (unpaired) electrons.